The third kappa shape index (κ3) is 4.71. The summed E-state index contributed by atoms with van der Waals surface area (Å²) < 4.78 is 1.59. The Morgan fingerprint density at radius 2 is 1.71 bits per heavy atom. The van der Waals surface area contributed by atoms with E-state index in [1.54, 1.807) is 4.52 Å². The lowest BCUT2D eigenvalue weighted by molar-refractivity contribution is -0.121. The second-order valence-corrected chi connectivity index (χ2v) is 7.67. The molecule has 2 aromatic carbocycles. The summed E-state index contributed by atoms with van der Waals surface area (Å²) >= 11 is 0. The van der Waals surface area contributed by atoms with Gasteiger partial charge < -0.3 is 11.1 Å². The standard InChI is InChI=1S/C24H26N6O/c1-16-20(17(2)30-24(26-16)28-23(25)29-30)15-22(31)27-21(19-11-7-4-8-12-19)14-13-18-9-5-3-6-10-18/h3-12,21H,13-15H2,1-2H3,(H2,25,29)(H,27,31). The van der Waals surface area contributed by atoms with Gasteiger partial charge in [-0.15, -0.1) is 5.10 Å². The van der Waals surface area contributed by atoms with Gasteiger partial charge in [0, 0.05) is 17.0 Å². The molecule has 7 nitrogen and oxygen atoms in total. The summed E-state index contributed by atoms with van der Waals surface area (Å²) in [4.78, 5) is 21.6. The number of aryl methyl sites for hydroxylation is 3. The molecule has 0 saturated carbocycles. The molecular formula is C24H26N6O. The Morgan fingerprint density at radius 1 is 1.03 bits per heavy atom. The van der Waals surface area contributed by atoms with Crippen LogP contribution in [-0.2, 0) is 17.6 Å². The van der Waals surface area contributed by atoms with Gasteiger partial charge in [-0.2, -0.15) is 9.50 Å². The van der Waals surface area contributed by atoms with Crippen molar-refractivity contribution in [1.29, 1.82) is 0 Å². The van der Waals surface area contributed by atoms with Gasteiger partial charge in [0.25, 0.3) is 5.78 Å². The number of carbonyl (C=O) groups is 1. The highest BCUT2D eigenvalue weighted by Gasteiger charge is 2.19. The molecule has 2 aromatic heterocycles. The smallest absolute Gasteiger partial charge is 0.254 e. The van der Waals surface area contributed by atoms with Gasteiger partial charge in [0.15, 0.2) is 0 Å². The molecule has 4 rings (SSSR count). The average Bonchev–Trinajstić information content (AvgIpc) is 3.15. The lowest BCUT2D eigenvalue weighted by Crippen LogP contribution is -2.31. The molecule has 4 aromatic rings. The minimum Gasteiger partial charge on any atom is -0.366 e. The average molecular weight is 415 g/mol. The summed E-state index contributed by atoms with van der Waals surface area (Å²) in [6, 6.07) is 20.3. The number of nitrogen functional groups attached to an aromatic ring is 1. The number of amides is 1. The molecular weight excluding hydrogens is 388 g/mol. The first-order valence-corrected chi connectivity index (χ1v) is 10.4. The monoisotopic (exact) mass is 414 g/mol. The van der Waals surface area contributed by atoms with Crippen molar-refractivity contribution in [2.75, 3.05) is 5.73 Å². The summed E-state index contributed by atoms with van der Waals surface area (Å²) in [5, 5.41) is 7.41. The maximum Gasteiger partial charge on any atom is 0.254 e. The fourth-order valence-corrected chi connectivity index (χ4v) is 3.85. The van der Waals surface area contributed by atoms with Gasteiger partial charge in [-0.05, 0) is 37.8 Å². The van der Waals surface area contributed by atoms with E-state index >= 15 is 0 Å². The van der Waals surface area contributed by atoms with Crippen molar-refractivity contribution in [1.82, 2.24) is 24.9 Å². The highest BCUT2D eigenvalue weighted by Crippen LogP contribution is 2.21. The summed E-state index contributed by atoms with van der Waals surface area (Å²) in [5.74, 6) is 0.561. The molecule has 0 radical (unpaired) electrons. The molecule has 0 fully saturated rings. The Bertz CT molecular complexity index is 1190. The Kier molecular flexibility index (Phi) is 5.93. The molecule has 1 amide bonds. The Labute approximate surface area is 181 Å². The normalized spacial score (nSPS) is 12.1. The van der Waals surface area contributed by atoms with E-state index in [4.69, 9.17) is 5.73 Å². The number of nitrogens with two attached hydrogens (primary N) is 1. The number of carbonyl (C=O) groups excluding carboxylic acids is 1. The molecule has 0 aliphatic rings. The van der Waals surface area contributed by atoms with E-state index in [1.165, 1.54) is 5.56 Å². The molecule has 1 unspecified atom stereocenters. The van der Waals surface area contributed by atoms with E-state index in [2.05, 4.69) is 44.6 Å². The SMILES string of the molecule is Cc1nc2nc(N)nn2c(C)c1CC(=O)NC(CCc1ccccc1)c1ccccc1. The summed E-state index contributed by atoms with van der Waals surface area (Å²) in [5.41, 5.74) is 10.5. The van der Waals surface area contributed by atoms with Gasteiger partial charge in [0.2, 0.25) is 11.9 Å². The number of aromatic nitrogens is 4. The zero-order valence-electron chi connectivity index (χ0n) is 17.7. The van der Waals surface area contributed by atoms with E-state index in [-0.39, 0.29) is 24.3 Å². The molecule has 2 heterocycles. The van der Waals surface area contributed by atoms with Crippen LogP contribution in [0.4, 0.5) is 5.95 Å². The molecule has 158 valence electrons. The van der Waals surface area contributed by atoms with Crippen LogP contribution >= 0.6 is 0 Å². The van der Waals surface area contributed by atoms with Crippen LogP contribution in [0, 0.1) is 13.8 Å². The predicted octanol–water partition coefficient (Wildman–Crippen LogP) is 3.36. The number of benzene rings is 2. The summed E-state index contributed by atoms with van der Waals surface area (Å²) in [6.07, 6.45) is 1.91. The van der Waals surface area contributed by atoms with Crippen LogP contribution in [0.15, 0.2) is 60.7 Å². The van der Waals surface area contributed by atoms with E-state index < -0.39 is 0 Å². The van der Waals surface area contributed by atoms with E-state index in [0.717, 1.165) is 35.4 Å². The molecule has 0 bridgehead atoms. The molecule has 0 aliphatic carbocycles. The van der Waals surface area contributed by atoms with E-state index in [0.29, 0.717) is 5.78 Å². The second kappa shape index (κ2) is 8.95. The topological polar surface area (TPSA) is 98.2 Å². The van der Waals surface area contributed by atoms with Crippen molar-refractivity contribution >= 4 is 17.6 Å². The van der Waals surface area contributed by atoms with Gasteiger partial charge in [-0.25, -0.2) is 4.98 Å². The molecule has 3 N–H and O–H groups in total. The van der Waals surface area contributed by atoms with Crippen LogP contribution in [0.25, 0.3) is 5.78 Å². The van der Waals surface area contributed by atoms with E-state index in [1.807, 2.05) is 50.2 Å². The van der Waals surface area contributed by atoms with Gasteiger partial charge in [-0.1, -0.05) is 60.7 Å². The number of hydrogen-bond donors (Lipinski definition) is 2. The third-order valence-electron chi connectivity index (χ3n) is 5.50. The van der Waals surface area contributed by atoms with Crippen molar-refractivity contribution in [3.63, 3.8) is 0 Å². The first kappa shape index (κ1) is 20.5. The lowest BCUT2D eigenvalue weighted by atomic mass is 9.98. The molecule has 0 aliphatic heterocycles. The van der Waals surface area contributed by atoms with Crippen molar-refractivity contribution in [2.45, 2.75) is 39.2 Å². The maximum absolute atomic E-state index is 13.0. The van der Waals surface area contributed by atoms with Crippen molar-refractivity contribution in [3.05, 3.63) is 88.7 Å². The van der Waals surface area contributed by atoms with Crippen LogP contribution in [0.3, 0.4) is 0 Å². The second-order valence-electron chi connectivity index (χ2n) is 7.67. The zero-order chi connectivity index (χ0) is 21.8. The number of fused-ring (bicyclic) bond motifs is 1. The molecule has 0 spiro atoms. The van der Waals surface area contributed by atoms with E-state index in [9.17, 15) is 4.79 Å². The maximum atomic E-state index is 13.0. The van der Waals surface area contributed by atoms with Crippen molar-refractivity contribution in [2.24, 2.45) is 0 Å². The summed E-state index contributed by atoms with van der Waals surface area (Å²) in [6.45, 7) is 3.78. The largest absolute Gasteiger partial charge is 0.366 e. The lowest BCUT2D eigenvalue weighted by Gasteiger charge is -2.20. The predicted molar refractivity (Wildman–Crippen MR) is 120 cm³/mol. The fraction of sp³-hybridized carbons (Fsp3) is 0.250. The van der Waals surface area contributed by atoms with Crippen LogP contribution < -0.4 is 11.1 Å². The molecule has 0 saturated heterocycles. The van der Waals surface area contributed by atoms with Crippen molar-refractivity contribution in [3.8, 4) is 0 Å². The van der Waals surface area contributed by atoms with Crippen LogP contribution in [-0.4, -0.2) is 25.5 Å². The van der Waals surface area contributed by atoms with Gasteiger partial charge in [-0.3, -0.25) is 4.79 Å². The Morgan fingerprint density at radius 3 is 2.42 bits per heavy atom. The number of anilines is 1. The van der Waals surface area contributed by atoms with Crippen LogP contribution in [0.5, 0.6) is 0 Å². The quantitative estimate of drug-likeness (QED) is 0.483. The number of nitrogens with one attached hydrogen (secondary N) is 1. The molecule has 31 heavy (non-hydrogen) atoms. The van der Waals surface area contributed by atoms with Gasteiger partial charge in [0.1, 0.15) is 0 Å². The number of rotatable bonds is 7. The van der Waals surface area contributed by atoms with Crippen LogP contribution in [0.1, 0.15) is 40.5 Å². The van der Waals surface area contributed by atoms with Gasteiger partial charge in [0.05, 0.1) is 12.5 Å². The minimum atomic E-state index is -0.0757. The first-order valence-electron chi connectivity index (χ1n) is 10.4. The minimum absolute atomic E-state index is 0.0534. The number of hydrogen-bond acceptors (Lipinski definition) is 5. The number of nitrogens with zero attached hydrogens (tertiary/aromatic N) is 4. The summed E-state index contributed by atoms with van der Waals surface area (Å²) in [7, 11) is 0. The third-order valence-corrected chi connectivity index (χ3v) is 5.50. The highest BCUT2D eigenvalue weighted by atomic mass is 16.1. The highest BCUT2D eigenvalue weighted by molar-refractivity contribution is 5.79. The fourth-order valence-electron chi connectivity index (χ4n) is 3.85. The first-order chi connectivity index (χ1) is 15.0. The van der Waals surface area contributed by atoms with Crippen LogP contribution in [0.2, 0.25) is 0 Å². The van der Waals surface area contributed by atoms with Crippen molar-refractivity contribution < 1.29 is 4.79 Å². The zero-order valence-corrected chi connectivity index (χ0v) is 17.7. The Hall–Kier alpha value is -3.74. The van der Waals surface area contributed by atoms with Gasteiger partial charge >= 0.3 is 0 Å². The molecule has 1 atom stereocenters. The molecule has 7 heteroatoms. The Balaban J connectivity index is 1.53.